The van der Waals surface area contributed by atoms with Gasteiger partial charge in [0.2, 0.25) is 11.0 Å². The van der Waals surface area contributed by atoms with E-state index in [2.05, 4.69) is 20.0 Å². The molecule has 0 saturated carbocycles. The number of rotatable bonds is 6. The fraction of sp³-hybridized carbons (Fsp3) is 0.571. The molecule has 7 heteroatoms. The zero-order valence-electron chi connectivity index (χ0n) is 7.82. The smallest absolute Gasteiger partial charge is 0.239 e. The molecule has 0 radical (unpaired) electrons. The molecule has 2 N–H and O–H groups in total. The van der Waals surface area contributed by atoms with Crippen molar-refractivity contribution < 1.29 is 9.53 Å². The van der Waals surface area contributed by atoms with Crippen LogP contribution in [-0.2, 0) is 9.53 Å². The minimum absolute atomic E-state index is 0.0859. The van der Waals surface area contributed by atoms with E-state index in [1.165, 1.54) is 17.9 Å². The third-order valence-corrected chi connectivity index (χ3v) is 2.01. The second-order valence-corrected chi connectivity index (χ2v) is 3.22. The maximum Gasteiger partial charge on any atom is 0.239 e. The first kappa shape index (κ1) is 10.9. The maximum atomic E-state index is 11.1. The number of ether oxygens (including phenoxy) is 1. The summed E-state index contributed by atoms with van der Waals surface area (Å²) in [4.78, 5) is 15.0. The van der Waals surface area contributed by atoms with E-state index >= 15 is 0 Å². The standard InChI is InChI=1S/C7H12N4O2S/c1-13-3-2-8-6(12)4-9-7-10-5-11-14-7/h5H,2-4H2,1H3,(H,8,12)(H,9,10,11). The van der Waals surface area contributed by atoms with Crippen LogP contribution >= 0.6 is 11.5 Å². The van der Waals surface area contributed by atoms with Gasteiger partial charge >= 0.3 is 0 Å². The van der Waals surface area contributed by atoms with Crippen molar-refractivity contribution in [2.24, 2.45) is 0 Å². The van der Waals surface area contributed by atoms with Crippen LogP contribution in [0.4, 0.5) is 5.13 Å². The van der Waals surface area contributed by atoms with Gasteiger partial charge in [-0.15, -0.1) is 0 Å². The van der Waals surface area contributed by atoms with Crippen molar-refractivity contribution >= 4 is 22.6 Å². The van der Waals surface area contributed by atoms with Gasteiger partial charge in [-0.05, 0) is 0 Å². The highest BCUT2D eigenvalue weighted by Gasteiger charge is 2.01. The topological polar surface area (TPSA) is 76.1 Å². The van der Waals surface area contributed by atoms with Gasteiger partial charge in [0.1, 0.15) is 6.33 Å². The van der Waals surface area contributed by atoms with Crippen molar-refractivity contribution in [3.63, 3.8) is 0 Å². The Morgan fingerprint density at radius 3 is 3.21 bits per heavy atom. The van der Waals surface area contributed by atoms with Gasteiger partial charge in [-0.25, -0.2) is 4.98 Å². The third-order valence-electron chi connectivity index (χ3n) is 1.39. The summed E-state index contributed by atoms with van der Waals surface area (Å²) < 4.78 is 8.58. The summed E-state index contributed by atoms with van der Waals surface area (Å²) in [5, 5.41) is 6.16. The quantitative estimate of drug-likeness (QED) is 0.639. The molecule has 0 aromatic carbocycles. The normalized spacial score (nSPS) is 9.79. The summed E-state index contributed by atoms with van der Waals surface area (Å²) in [5.41, 5.74) is 0. The Kier molecular flexibility index (Phi) is 4.87. The minimum Gasteiger partial charge on any atom is -0.383 e. The summed E-state index contributed by atoms with van der Waals surface area (Å²) in [6, 6.07) is 0. The number of hydrogen-bond donors (Lipinski definition) is 2. The van der Waals surface area contributed by atoms with Crippen LogP contribution in [0.1, 0.15) is 0 Å². The fourth-order valence-electron chi connectivity index (χ4n) is 0.762. The Bertz CT molecular complexity index is 265. The van der Waals surface area contributed by atoms with Gasteiger partial charge in [0.25, 0.3) is 0 Å². The van der Waals surface area contributed by atoms with Gasteiger partial charge in [-0.1, -0.05) is 0 Å². The number of methoxy groups -OCH3 is 1. The highest BCUT2D eigenvalue weighted by Crippen LogP contribution is 2.04. The molecule has 14 heavy (non-hydrogen) atoms. The van der Waals surface area contributed by atoms with Gasteiger partial charge in [0.15, 0.2) is 0 Å². The first-order chi connectivity index (χ1) is 6.83. The van der Waals surface area contributed by atoms with Gasteiger partial charge in [-0.2, -0.15) is 4.37 Å². The molecule has 1 heterocycles. The molecule has 78 valence electrons. The first-order valence-electron chi connectivity index (χ1n) is 4.09. The van der Waals surface area contributed by atoms with E-state index in [-0.39, 0.29) is 12.5 Å². The Balaban J connectivity index is 2.09. The Morgan fingerprint density at radius 1 is 1.71 bits per heavy atom. The summed E-state index contributed by atoms with van der Waals surface area (Å²) in [6.07, 6.45) is 1.44. The number of nitrogens with one attached hydrogen (secondary N) is 2. The molecule has 1 rings (SSSR count). The van der Waals surface area contributed by atoms with Crippen LogP contribution in [0.3, 0.4) is 0 Å². The van der Waals surface area contributed by atoms with E-state index in [1.807, 2.05) is 0 Å². The summed E-state index contributed by atoms with van der Waals surface area (Å²) >= 11 is 1.22. The average molecular weight is 216 g/mol. The van der Waals surface area contributed by atoms with E-state index in [4.69, 9.17) is 4.74 Å². The highest BCUT2D eigenvalue weighted by atomic mass is 32.1. The lowest BCUT2D eigenvalue weighted by Gasteiger charge is -2.04. The predicted molar refractivity (Wildman–Crippen MR) is 53.3 cm³/mol. The molecule has 1 aromatic rings. The lowest BCUT2D eigenvalue weighted by Crippen LogP contribution is -2.32. The van der Waals surface area contributed by atoms with E-state index in [0.29, 0.717) is 18.3 Å². The SMILES string of the molecule is COCCNC(=O)CNc1ncns1. The van der Waals surface area contributed by atoms with Gasteiger partial charge < -0.3 is 15.4 Å². The molecule has 0 unspecified atom stereocenters. The van der Waals surface area contributed by atoms with Crippen LogP contribution in [0.25, 0.3) is 0 Å². The molecule has 0 saturated heterocycles. The van der Waals surface area contributed by atoms with Gasteiger partial charge in [-0.3, -0.25) is 4.79 Å². The number of nitrogens with zero attached hydrogens (tertiary/aromatic N) is 2. The number of anilines is 1. The van der Waals surface area contributed by atoms with Gasteiger partial charge in [0, 0.05) is 25.2 Å². The molecule has 0 aliphatic rings. The largest absolute Gasteiger partial charge is 0.383 e. The van der Waals surface area contributed by atoms with Crippen LogP contribution in [-0.4, -0.2) is 42.1 Å². The molecule has 0 aliphatic heterocycles. The number of carbonyl (C=O) groups excluding carboxylic acids is 1. The van der Waals surface area contributed by atoms with Crippen molar-refractivity contribution in [1.82, 2.24) is 14.7 Å². The van der Waals surface area contributed by atoms with Crippen molar-refractivity contribution in [2.45, 2.75) is 0 Å². The number of aromatic nitrogens is 2. The molecular weight excluding hydrogens is 204 g/mol. The van der Waals surface area contributed by atoms with E-state index in [9.17, 15) is 4.79 Å². The third kappa shape index (κ3) is 4.15. The van der Waals surface area contributed by atoms with Crippen LogP contribution in [0.2, 0.25) is 0 Å². The average Bonchev–Trinajstić information content (AvgIpc) is 2.68. The predicted octanol–water partition coefficient (Wildman–Crippen LogP) is -0.287. The molecule has 0 atom stereocenters. The zero-order chi connectivity index (χ0) is 10.2. The van der Waals surface area contributed by atoms with Crippen LogP contribution in [0.15, 0.2) is 6.33 Å². The minimum atomic E-state index is -0.0859. The van der Waals surface area contributed by atoms with Crippen molar-refractivity contribution in [2.75, 3.05) is 32.1 Å². The Hall–Kier alpha value is -1.21. The van der Waals surface area contributed by atoms with Gasteiger partial charge in [0.05, 0.1) is 13.2 Å². The lowest BCUT2D eigenvalue weighted by molar-refractivity contribution is -0.119. The van der Waals surface area contributed by atoms with Crippen molar-refractivity contribution in [1.29, 1.82) is 0 Å². The van der Waals surface area contributed by atoms with E-state index in [1.54, 1.807) is 7.11 Å². The Morgan fingerprint density at radius 2 is 2.57 bits per heavy atom. The molecule has 6 nitrogen and oxygen atoms in total. The second-order valence-electron chi connectivity index (χ2n) is 2.44. The molecule has 0 spiro atoms. The van der Waals surface area contributed by atoms with E-state index < -0.39 is 0 Å². The molecular formula is C7H12N4O2S. The monoisotopic (exact) mass is 216 g/mol. The first-order valence-corrected chi connectivity index (χ1v) is 4.86. The van der Waals surface area contributed by atoms with E-state index in [0.717, 1.165) is 0 Å². The molecule has 0 aliphatic carbocycles. The zero-order valence-corrected chi connectivity index (χ0v) is 8.63. The number of hydrogen-bond acceptors (Lipinski definition) is 6. The van der Waals surface area contributed by atoms with Crippen LogP contribution in [0.5, 0.6) is 0 Å². The Labute approximate surface area is 85.9 Å². The highest BCUT2D eigenvalue weighted by molar-refractivity contribution is 7.09. The summed E-state index contributed by atoms with van der Waals surface area (Å²) in [7, 11) is 1.59. The fourth-order valence-corrected chi connectivity index (χ4v) is 1.19. The number of amides is 1. The second kappa shape index (κ2) is 6.28. The molecule has 1 aromatic heterocycles. The van der Waals surface area contributed by atoms with Crippen molar-refractivity contribution in [3.8, 4) is 0 Å². The molecule has 0 fully saturated rings. The summed E-state index contributed by atoms with van der Waals surface area (Å²) in [6.45, 7) is 1.25. The number of carbonyl (C=O) groups is 1. The summed E-state index contributed by atoms with van der Waals surface area (Å²) in [5.74, 6) is -0.0859. The van der Waals surface area contributed by atoms with Crippen LogP contribution < -0.4 is 10.6 Å². The lowest BCUT2D eigenvalue weighted by atomic mass is 10.5. The molecule has 0 bridgehead atoms. The molecule has 1 amide bonds. The maximum absolute atomic E-state index is 11.1. The van der Waals surface area contributed by atoms with Crippen LogP contribution in [0, 0.1) is 0 Å². The van der Waals surface area contributed by atoms with Crippen molar-refractivity contribution in [3.05, 3.63) is 6.33 Å².